The van der Waals surface area contributed by atoms with Crippen LogP contribution in [0.5, 0.6) is 5.75 Å². The number of ether oxygens (including phenoxy) is 1. The highest BCUT2D eigenvalue weighted by Gasteiger charge is 2.03. The fourth-order valence-electron chi connectivity index (χ4n) is 1.74. The third-order valence-corrected chi connectivity index (χ3v) is 3.37. The zero-order valence-corrected chi connectivity index (χ0v) is 12.9. The van der Waals surface area contributed by atoms with Crippen molar-refractivity contribution in [1.82, 2.24) is 5.32 Å². The summed E-state index contributed by atoms with van der Waals surface area (Å²) in [5, 5.41) is 13.8. The van der Waals surface area contributed by atoms with Gasteiger partial charge in [0.2, 0.25) is 0 Å². The van der Waals surface area contributed by atoms with Crippen LogP contribution in [-0.4, -0.2) is 18.1 Å². The van der Waals surface area contributed by atoms with Crippen LogP contribution in [-0.2, 0) is 6.54 Å². The van der Waals surface area contributed by atoms with Crippen LogP contribution >= 0.6 is 15.9 Å². The summed E-state index contributed by atoms with van der Waals surface area (Å²) in [5.41, 5.74) is 1.11. The van der Waals surface area contributed by atoms with E-state index in [0.717, 1.165) is 15.8 Å². The molecule has 0 bridgehead atoms. The number of benzene rings is 2. The molecule has 21 heavy (non-hydrogen) atoms. The molecule has 0 saturated heterocycles. The Bertz CT molecular complexity index is 585. The van der Waals surface area contributed by atoms with E-state index in [9.17, 15) is 10.1 Å². The van der Waals surface area contributed by atoms with Crippen LogP contribution in [0, 0.1) is 10.1 Å². The Morgan fingerprint density at radius 2 is 1.76 bits per heavy atom. The minimum Gasteiger partial charge on any atom is -0.492 e. The Balaban J connectivity index is 1.67. The van der Waals surface area contributed by atoms with E-state index in [4.69, 9.17) is 4.74 Å². The Hall–Kier alpha value is -1.92. The summed E-state index contributed by atoms with van der Waals surface area (Å²) < 4.78 is 6.60. The molecule has 0 aliphatic carbocycles. The quantitative estimate of drug-likeness (QED) is 0.471. The van der Waals surface area contributed by atoms with Gasteiger partial charge in [-0.15, -0.1) is 0 Å². The topological polar surface area (TPSA) is 64.4 Å². The van der Waals surface area contributed by atoms with Gasteiger partial charge in [0.25, 0.3) is 5.69 Å². The SMILES string of the molecule is O=[N+]([O-])c1ccc(CNCCOc2ccc(Br)cc2)cc1. The number of nitro benzene ring substituents is 1. The van der Waals surface area contributed by atoms with Crippen molar-refractivity contribution in [2.45, 2.75) is 6.54 Å². The molecule has 1 N–H and O–H groups in total. The Morgan fingerprint density at radius 1 is 1.10 bits per heavy atom. The molecule has 0 unspecified atom stereocenters. The molecule has 6 heteroatoms. The molecule has 0 radical (unpaired) electrons. The lowest BCUT2D eigenvalue weighted by molar-refractivity contribution is -0.384. The minimum atomic E-state index is -0.400. The molecule has 110 valence electrons. The highest BCUT2D eigenvalue weighted by atomic mass is 79.9. The maximum Gasteiger partial charge on any atom is 0.269 e. The third kappa shape index (κ3) is 5.17. The van der Waals surface area contributed by atoms with Crippen LogP contribution in [0.2, 0.25) is 0 Å². The van der Waals surface area contributed by atoms with E-state index in [0.29, 0.717) is 19.7 Å². The van der Waals surface area contributed by atoms with Crippen molar-refractivity contribution in [3.63, 3.8) is 0 Å². The van der Waals surface area contributed by atoms with Gasteiger partial charge < -0.3 is 10.1 Å². The smallest absolute Gasteiger partial charge is 0.269 e. The van der Waals surface area contributed by atoms with Crippen molar-refractivity contribution in [3.05, 3.63) is 68.7 Å². The van der Waals surface area contributed by atoms with Gasteiger partial charge in [-0.1, -0.05) is 28.1 Å². The van der Waals surface area contributed by atoms with Gasteiger partial charge in [0.1, 0.15) is 12.4 Å². The van der Waals surface area contributed by atoms with E-state index in [1.54, 1.807) is 12.1 Å². The molecule has 0 aliphatic rings. The van der Waals surface area contributed by atoms with E-state index in [1.807, 2.05) is 24.3 Å². The lowest BCUT2D eigenvalue weighted by atomic mass is 10.2. The largest absolute Gasteiger partial charge is 0.492 e. The summed E-state index contributed by atoms with van der Waals surface area (Å²) in [6.07, 6.45) is 0. The van der Waals surface area contributed by atoms with Gasteiger partial charge in [-0.3, -0.25) is 10.1 Å². The third-order valence-electron chi connectivity index (χ3n) is 2.84. The average Bonchev–Trinajstić information content (AvgIpc) is 2.49. The van der Waals surface area contributed by atoms with Gasteiger partial charge in [-0.2, -0.15) is 0 Å². The Kier molecular flexibility index (Phi) is 5.71. The monoisotopic (exact) mass is 350 g/mol. The van der Waals surface area contributed by atoms with E-state index in [-0.39, 0.29) is 5.69 Å². The van der Waals surface area contributed by atoms with E-state index < -0.39 is 4.92 Å². The number of nitro groups is 1. The second-order valence-electron chi connectivity index (χ2n) is 4.40. The first-order valence-corrected chi connectivity index (χ1v) is 7.27. The van der Waals surface area contributed by atoms with E-state index in [2.05, 4.69) is 21.2 Å². The predicted octanol–water partition coefficient (Wildman–Crippen LogP) is 3.53. The number of hydrogen-bond acceptors (Lipinski definition) is 4. The normalized spacial score (nSPS) is 10.3. The molecule has 2 aromatic rings. The molecule has 0 atom stereocenters. The fraction of sp³-hybridized carbons (Fsp3) is 0.200. The van der Waals surface area contributed by atoms with Gasteiger partial charge in [0.15, 0.2) is 0 Å². The van der Waals surface area contributed by atoms with Crippen LogP contribution in [0.4, 0.5) is 5.69 Å². The summed E-state index contributed by atoms with van der Waals surface area (Å²) in [6.45, 7) is 1.92. The highest BCUT2D eigenvalue weighted by Crippen LogP contribution is 2.15. The van der Waals surface area contributed by atoms with Gasteiger partial charge in [-0.05, 0) is 29.8 Å². The van der Waals surface area contributed by atoms with Crippen LogP contribution in [0.1, 0.15) is 5.56 Å². The molecule has 0 saturated carbocycles. The molecule has 0 heterocycles. The summed E-state index contributed by atoms with van der Waals surface area (Å²) in [5.74, 6) is 0.829. The van der Waals surface area contributed by atoms with Crippen molar-refractivity contribution in [2.75, 3.05) is 13.2 Å². The van der Waals surface area contributed by atoms with Gasteiger partial charge in [0.05, 0.1) is 4.92 Å². The van der Waals surface area contributed by atoms with Crippen LogP contribution in [0.25, 0.3) is 0 Å². The predicted molar refractivity (Wildman–Crippen MR) is 84.4 cm³/mol. The van der Waals surface area contributed by atoms with Crippen LogP contribution < -0.4 is 10.1 Å². The average molecular weight is 351 g/mol. The van der Waals surface area contributed by atoms with Gasteiger partial charge in [0, 0.05) is 29.7 Å². The maximum absolute atomic E-state index is 10.5. The number of nitrogens with one attached hydrogen (secondary N) is 1. The number of non-ortho nitro benzene ring substituents is 1. The summed E-state index contributed by atoms with van der Waals surface area (Å²) >= 11 is 3.37. The number of hydrogen-bond donors (Lipinski definition) is 1. The van der Waals surface area contributed by atoms with Crippen LogP contribution in [0.15, 0.2) is 53.0 Å². The first kappa shape index (κ1) is 15.5. The number of rotatable bonds is 7. The number of halogens is 1. The first-order chi connectivity index (χ1) is 10.1. The first-order valence-electron chi connectivity index (χ1n) is 6.47. The van der Waals surface area contributed by atoms with Crippen molar-refractivity contribution in [3.8, 4) is 5.75 Å². The summed E-state index contributed by atoms with van der Waals surface area (Å²) in [4.78, 5) is 10.1. The van der Waals surface area contributed by atoms with Crippen molar-refractivity contribution >= 4 is 21.6 Å². The highest BCUT2D eigenvalue weighted by molar-refractivity contribution is 9.10. The zero-order valence-electron chi connectivity index (χ0n) is 11.3. The van der Waals surface area contributed by atoms with Gasteiger partial charge in [-0.25, -0.2) is 0 Å². The van der Waals surface area contributed by atoms with Crippen LogP contribution in [0.3, 0.4) is 0 Å². The van der Waals surface area contributed by atoms with Crippen molar-refractivity contribution in [1.29, 1.82) is 0 Å². The van der Waals surface area contributed by atoms with Crippen molar-refractivity contribution in [2.24, 2.45) is 0 Å². The van der Waals surface area contributed by atoms with E-state index in [1.165, 1.54) is 12.1 Å². The molecule has 5 nitrogen and oxygen atoms in total. The second kappa shape index (κ2) is 7.75. The Labute approximate surface area is 131 Å². The molecule has 0 fully saturated rings. The summed E-state index contributed by atoms with van der Waals surface area (Å²) in [6, 6.07) is 14.2. The van der Waals surface area contributed by atoms with Crippen molar-refractivity contribution < 1.29 is 9.66 Å². The molecular weight excluding hydrogens is 336 g/mol. The fourth-order valence-corrected chi connectivity index (χ4v) is 2.00. The molecule has 0 aromatic heterocycles. The lowest BCUT2D eigenvalue weighted by Crippen LogP contribution is -2.20. The molecule has 0 spiro atoms. The molecule has 0 amide bonds. The molecule has 2 rings (SSSR count). The molecule has 0 aliphatic heterocycles. The zero-order chi connectivity index (χ0) is 15.1. The molecule has 2 aromatic carbocycles. The Morgan fingerprint density at radius 3 is 2.38 bits per heavy atom. The lowest BCUT2D eigenvalue weighted by Gasteiger charge is -2.07. The summed E-state index contributed by atoms with van der Waals surface area (Å²) in [7, 11) is 0. The minimum absolute atomic E-state index is 0.109. The standard InChI is InChI=1S/C15H15BrN2O3/c16-13-3-7-15(8-4-13)21-10-9-17-11-12-1-5-14(6-2-12)18(19)20/h1-8,17H,9-11H2. The second-order valence-corrected chi connectivity index (χ2v) is 5.32. The molecular formula is C15H15BrN2O3. The number of nitrogens with zero attached hydrogens (tertiary/aromatic N) is 1. The maximum atomic E-state index is 10.5. The van der Waals surface area contributed by atoms with E-state index >= 15 is 0 Å². The van der Waals surface area contributed by atoms with Gasteiger partial charge >= 0.3 is 0 Å².